The number of nitrogens with one attached hydrogen (secondary N) is 2. The average molecular weight is 288 g/mol. The number of benzene rings is 1. The van der Waals surface area contributed by atoms with Crippen LogP contribution < -0.4 is 10.6 Å². The summed E-state index contributed by atoms with van der Waals surface area (Å²) in [5, 5.41) is 4.78. The molecule has 110 valence electrons. The summed E-state index contributed by atoms with van der Waals surface area (Å²) in [5.74, 6) is -1.12. The summed E-state index contributed by atoms with van der Waals surface area (Å²) in [5.41, 5.74) is 1.24. The van der Waals surface area contributed by atoms with Gasteiger partial charge in [-0.15, -0.1) is 0 Å². The lowest BCUT2D eigenvalue weighted by atomic mass is 10.0. The van der Waals surface area contributed by atoms with Crippen LogP contribution in [0.25, 0.3) is 0 Å². The molecule has 0 saturated carbocycles. The number of hydrogen-bond acceptors (Lipinski definition) is 4. The van der Waals surface area contributed by atoms with E-state index < -0.39 is 11.9 Å². The zero-order valence-corrected chi connectivity index (χ0v) is 11.6. The van der Waals surface area contributed by atoms with Gasteiger partial charge in [0.15, 0.2) is 0 Å². The molecule has 0 radical (unpaired) electrons. The van der Waals surface area contributed by atoms with Crippen molar-refractivity contribution < 1.29 is 19.2 Å². The van der Waals surface area contributed by atoms with Gasteiger partial charge >= 0.3 is 0 Å². The van der Waals surface area contributed by atoms with Gasteiger partial charge in [0, 0.05) is 18.4 Å². The smallest absolute Gasteiger partial charge is 0.251 e. The third kappa shape index (κ3) is 3.98. The Hall–Kier alpha value is -2.50. The van der Waals surface area contributed by atoms with E-state index in [1.54, 1.807) is 24.3 Å². The molecule has 1 atom stereocenters. The fourth-order valence-electron chi connectivity index (χ4n) is 2.13. The molecule has 3 amide bonds. The molecule has 2 N–H and O–H groups in total. The summed E-state index contributed by atoms with van der Waals surface area (Å²) < 4.78 is 0. The maximum atomic E-state index is 12.0. The monoisotopic (exact) mass is 288 g/mol. The lowest BCUT2D eigenvalue weighted by Crippen LogP contribution is -2.52. The Morgan fingerprint density at radius 2 is 1.90 bits per heavy atom. The standard InChI is InChI=1S/C15H16N2O4/c1-9(18)8-10-2-4-11(5-3-10)14(20)16-12-6-7-13(19)17-15(12)21/h2-5,12H,6-8H2,1H3,(H,16,20)(H,17,19,21). The first-order chi connectivity index (χ1) is 9.95. The Morgan fingerprint density at radius 1 is 1.24 bits per heavy atom. The summed E-state index contributed by atoms with van der Waals surface area (Å²) in [6, 6.07) is 5.95. The van der Waals surface area contributed by atoms with E-state index in [9.17, 15) is 19.2 Å². The fourth-order valence-corrected chi connectivity index (χ4v) is 2.13. The van der Waals surface area contributed by atoms with Gasteiger partial charge in [-0.05, 0) is 31.0 Å². The second-order valence-electron chi connectivity index (χ2n) is 5.05. The average Bonchev–Trinajstić information content (AvgIpc) is 2.42. The third-order valence-electron chi connectivity index (χ3n) is 3.21. The molecular formula is C15H16N2O4. The molecule has 1 fully saturated rings. The van der Waals surface area contributed by atoms with E-state index in [0.29, 0.717) is 18.4 Å². The molecule has 0 aromatic heterocycles. The van der Waals surface area contributed by atoms with Gasteiger partial charge in [-0.3, -0.25) is 24.5 Å². The van der Waals surface area contributed by atoms with E-state index >= 15 is 0 Å². The minimum Gasteiger partial charge on any atom is -0.340 e. The maximum Gasteiger partial charge on any atom is 0.251 e. The summed E-state index contributed by atoms with van der Waals surface area (Å²) >= 11 is 0. The van der Waals surface area contributed by atoms with Crippen LogP contribution in [-0.2, 0) is 20.8 Å². The molecule has 0 aliphatic carbocycles. The summed E-state index contributed by atoms with van der Waals surface area (Å²) in [6.07, 6.45) is 0.849. The highest BCUT2D eigenvalue weighted by atomic mass is 16.2. The minimum absolute atomic E-state index is 0.0516. The van der Waals surface area contributed by atoms with Crippen LogP contribution in [0.3, 0.4) is 0 Å². The first-order valence-corrected chi connectivity index (χ1v) is 6.68. The maximum absolute atomic E-state index is 12.0. The van der Waals surface area contributed by atoms with Crippen LogP contribution in [0.2, 0.25) is 0 Å². The number of ketones is 1. The van der Waals surface area contributed by atoms with Gasteiger partial charge in [0.05, 0.1) is 0 Å². The number of amides is 3. The van der Waals surface area contributed by atoms with Crippen LogP contribution in [0.5, 0.6) is 0 Å². The lowest BCUT2D eigenvalue weighted by molar-refractivity contribution is -0.134. The zero-order chi connectivity index (χ0) is 15.4. The quantitative estimate of drug-likeness (QED) is 0.782. The Bertz CT molecular complexity index is 592. The van der Waals surface area contributed by atoms with Crippen molar-refractivity contribution in [1.29, 1.82) is 0 Å². The van der Waals surface area contributed by atoms with E-state index in [4.69, 9.17) is 0 Å². The van der Waals surface area contributed by atoms with Gasteiger partial charge in [0.25, 0.3) is 5.91 Å². The highest BCUT2D eigenvalue weighted by Crippen LogP contribution is 2.08. The summed E-state index contributed by atoms with van der Waals surface area (Å²) in [4.78, 5) is 45.6. The lowest BCUT2D eigenvalue weighted by Gasteiger charge is -2.21. The Morgan fingerprint density at radius 3 is 2.48 bits per heavy atom. The minimum atomic E-state index is -0.688. The van der Waals surface area contributed by atoms with Crippen molar-refractivity contribution in [3.8, 4) is 0 Å². The fraction of sp³-hybridized carbons (Fsp3) is 0.333. The second-order valence-corrected chi connectivity index (χ2v) is 5.05. The van der Waals surface area contributed by atoms with Crippen molar-refractivity contribution in [3.63, 3.8) is 0 Å². The predicted octanol–water partition coefficient (Wildman–Crippen LogP) is 0.353. The molecular weight excluding hydrogens is 272 g/mol. The molecule has 6 nitrogen and oxygen atoms in total. The molecule has 1 aromatic carbocycles. The molecule has 6 heteroatoms. The van der Waals surface area contributed by atoms with E-state index in [-0.39, 0.29) is 24.0 Å². The van der Waals surface area contributed by atoms with Crippen LogP contribution in [-0.4, -0.2) is 29.5 Å². The Labute approximate surface area is 121 Å². The van der Waals surface area contributed by atoms with Crippen LogP contribution >= 0.6 is 0 Å². The Kier molecular flexibility index (Phi) is 4.47. The Balaban J connectivity index is 1.98. The number of Topliss-reactive ketones (excluding diaryl/α,β-unsaturated/α-hetero) is 1. The largest absolute Gasteiger partial charge is 0.340 e. The number of imide groups is 1. The summed E-state index contributed by atoms with van der Waals surface area (Å²) in [6.45, 7) is 1.50. The van der Waals surface area contributed by atoms with Crippen LogP contribution in [0.1, 0.15) is 35.7 Å². The van der Waals surface area contributed by atoms with Crippen LogP contribution in [0.15, 0.2) is 24.3 Å². The summed E-state index contributed by atoms with van der Waals surface area (Å²) in [7, 11) is 0. The molecule has 1 aliphatic heterocycles. The van der Waals surface area contributed by atoms with Gasteiger partial charge in [0.1, 0.15) is 11.8 Å². The number of carbonyl (C=O) groups is 4. The molecule has 1 aromatic rings. The van der Waals surface area contributed by atoms with E-state index in [2.05, 4.69) is 10.6 Å². The molecule has 1 heterocycles. The van der Waals surface area contributed by atoms with Crippen molar-refractivity contribution >= 4 is 23.5 Å². The highest BCUT2D eigenvalue weighted by molar-refractivity contribution is 6.03. The van der Waals surface area contributed by atoms with Gasteiger partial charge in [-0.25, -0.2) is 0 Å². The van der Waals surface area contributed by atoms with Crippen molar-refractivity contribution in [3.05, 3.63) is 35.4 Å². The van der Waals surface area contributed by atoms with Gasteiger partial charge in [-0.2, -0.15) is 0 Å². The van der Waals surface area contributed by atoms with E-state index in [1.165, 1.54) is 6.92 Å². The number of rotatable bonds is 4. The van der Waals surface area contributed by atoms with Gasteiger partial charge in [0.2, 0.25) is 11.8 Å². The van der Waals surface area contributed by atoms with E-state index in [1.807, 2.05) is 0 Å². The first-order valence-electron chi connectivity index (χ1n) is 6.68. The normalized spacial score (nSPS) is 18.0. The van der Waals surface area contributed by atoms with Crippen molar-refractivity contribution in [1.82, 2.24) is 10.6 Å². The molecule has 1 saturated heterocycles. The molecule has 1 aliphatic rings. The number of piperidine rings is 1. The highest BCUT2D eigenvalue weighted by Gasteiger charge is 2.27. The van der Waals surface area contributed by atoms with Crippen molar-refractivity contribution in [2.45, 2.75) is 32.2 Å². The SMILES string of the molecule is CC(=O)Cc1ccc(C(=O)NC2CCC(=O)NC2=O)cc1. The van der Waals surface area contributed by atoms with Crippen LogP contribution in [0, 0.1) is 0 Å². The van der Waals surface area contributed by atoms with Crippen molar-refractivity contribution in [2.24, 2.45) is 0 Å². The first kappa shape index (κ1) is 14.9. The third-order valence-corrected chi connectivity index (χ3v) is 3.21. The van der Waals surface area contributed by atoms with Crippen LogP contribution in [0.4, 0.5) is 0 Å². The zero-order valence-electron chi connectivity index (χ0n) is 11.6. The van der Waals surface area contributed by atoms with Gasteiger partial charge < -0.3 is 5.32 Å². The topological polar surface area (TPSA) is 92.3 Å². The molecule has 2 rings (SSSR count). The molecule has 1 unspecified atom stereocenters. The van der Waals surface area contributed by atoms with Crippen molar-refractivity contribution in [2.75, 3.05) is 0 Å². The van der Waals surface area contributed by atoms with Gasteiger partial charge in [-0.1, -0.05) is 12.1 Å². The second kappa shape index (κ2) is 6.30. The molecule has 0 spiro atoms. The van der Waals surface area contributed by atoms with E-state index in [0.717, 1.165) is 5.56 Å². The number of hydrogen-bond donors (Lipinski definition) is 2. The predicted molar refractivity (Wildman–Crippen MR) is 74.5 cm³/mol. The number of carbonyl (C=O) groups excluding carboxylic acids is 4. The molecule has 0 bridgehead atoms. The molecule has 21 heavy (non-hydrogen) atoms.